The van der Waals surface area contributed by atoms with Crippen molar-refractivity contribution in [2.24, 2.45) is 0 Å². The lowest BCUT2D eigenvalue weighted by atomic mass is 10.2. The number of hydrogen-bond acceptors (Lipinski definition) is 4. The second-order valence-corrected chi connectivity index (χ2v) is 6.23. The van der Waals surface area contributed by atoms with Crippen molar-refractivity contribution in [2.45, 2.75) is 18.9 Å². The van der Waals surface area contributed by atoms with Crippen LogP contribution in [0.25, 0.3) is 11.4 Å². The van der Waals surface area contributed by atoms with Gasteiger partial charge in [-0.3, -0.25) is 4.79 Å². The van der Waals surface area contributed by atoms with E-state index in [1.54, 1.807) is 36.5 Å². The molecular formula is C20H17FN4O. The number of amides is 1. The average molecular weight is 348 g/mol. The first-order valence-corrected chi connectivity index (χ1v) is 8.44. The molecule has 26 heavy (non-hydrogen) atoms. The molecule has 0 bridgehead atoms. The minimum Gasteiger partial charge on any atom is -0.349 e. The normalized spacial score (nSPS) is 13.3. The molecule has 1 aromatic heterocycles. The summed E-state index contributed by atoms with van der Waals surface area (Å²) in [6, 6.07) is 15.4. The summed E-state index contributed by atoms with van der Waals surface area (Å²) in [5.41, 5.74) is 2.04. The van der Waals surface area contributed by atoms with Gasteiger partial charge in [0.2, 0.25) is 0 Å². The summed E-state index contributed by atoms with van der Waals surface area (Å²) >= 11 is 0. The number of benzene rings is 2. The Bertz CT molecular complexity index is 939. The van der Waals surface area contributed by atoms with Crippen molar-refractivity contribution in [3.8, 4) is 11.4 Å². The van der Waals surface area contributed by atoms with Gasteiger partial charge in [0, 0.05) is 29.1 Å². The molecule has 0 unspecified atom stereocenters. The Labute approximate surface area is 150 Å². The number of nitrogens with zero attached hydrogens (tertiary/aromatic N) is 2. The summed E-state index contributed by atoms with van der Waals surface area (Å²) in [4.78, 5) is 20.6. The smallest absolute Gasteiger partial charge is 0.251 e. The van der Waals surface area contributed by atoms with E-state index in [1.807, 2.05) is 12.1 Å². The third-order valence-electron chi connectivity index (χ3n) is 4.07. The van der Waals surface area contributed by atoms with Crippen molar-refractivity contribution in [3.63, 3.8) is 0 Å². The summed E-state index contributed by atoms with van der Waals surface area (Å²) in [6.45, 7) is 0. The summed E-state index contributed by atoms with van der Waals surface area (Å²) < 4.78 is 13.4. The molecule has 2 N–H and O–H groups in total. The largest absolute Gasteiger partial charge is 0.349 e. The minimum atomic E-state index is -0.329. The summed E-state index contributed by atoms with van der Waals surface area (Å²) in [7, 11) is 0. The standard InChI is InChI=1S/C20H17FN4O/c21-15-3-1-2-14(12-15)19-22-11-10-18(25-19)23-16-6-4-13(5-7-16)20(26)24-17-8-9-17/h1-7,10-12,17H,8-9H2,(H,24,26)(H,22,23,25). The highest BCUT2D eigenvalue weighted by atomic mass is 19.1. The number of halogens is 1. The van der Waals surface area contributed by atoms with Crippen LogP contribution in [0.2, 0.25) is 0 Å². The van der Waals surface area contributed by atoms with Crippen LogP contribution in [0.1, 0.15) is 23.2 Å². The monoisotopic (exact) mass is 348 g/mol. The van der Waals surface area contributed by atoms with Gasteiger partial charge < -0.3 is 10.6 Å². The van der Waals surface area contributed by atoms with Crippen LogP contribution in [0, 0.1) is 5.82 Å². The highest BCUT2D eigenvalue weighted by molar-refractivity contribution is 5.95. The fraction of sp³-hybridized carbons (Fsp3) is 0.150. The van der Waals surface area contributed by atoms with E-state index >= 15 is 0 Å². The maximum absolute atomic E-state index is 13.4. The Morgan fingerprint density at radius 1 is 1.08 bits per heavy atom. The number of carbonyl (C=O) groups excluding carboxylic acids is 1. The maximum atomic E-state index is 13.4. The molecule has 130 valence electrons. The molecule has 1 aliphatic rings. The fourth-order valence-electron chi connectivity index (χ4n) is 2.54. The van der Waals surface area contributed by atoms with Gasteiger partial charge in [-0.1, -0.05) is 12.1 Å². The lowest BCUT2D eigenvalue weighted by Gasteiger charge is -2.08. The Morgan fingerprint density at radius 3 is 2.62 bits per heavy atom. The number of carbonyl (C=O) groups is 1. The van der Waals surface area contributed by atoms with Gasteiger partial charge in [0.05, 0.1) is 0 Å². The molecule has 1 aliphatic carbocycles. The van der Waals surface area contributed by atoms with Crippen LogP contribution >= 0.6 is 0 Å². The zero-order valence-corrected chi connectivity index (χ0v) is 13.9. The Balaban J connectivity index is 1.48. The van der Waals surface area contributed by atoms with Gasteiger partial charge in [-0.05, 0) is 55.3 Å². The van der Waals surface area contributed by atoms with Crippen LogP contribution in [0.4, 0.5) is 15.9 Å². The molecule has 0 radical (unpaired) electrons. The molecule has 0 atom stereocenters. The Morgan fingerprint density at radius 2 is 1.88 bits per heavy atom. The number of aromatic nitrogens is 2. The molecule has 4 rings (SSSR count). The van der Waals surface area contributed by atoms with Gasteiger partial charge >= 0.3 is 0 Å². The van der Waals surface area contributed by atoms with E-state index in [0.29, 0.717) is 28.8 Å². The summed E-state index contributed by atoms with van der Waals surface area (Å²) in [5.74, 6) is 0.656. The van der Waals surface area contributed by atoms with E-state index in [9.17, 15) is 9.18 Å². The van der Waals surface area contributed by atoms with Gasteiger partial charge in [-0.25, -0.2) is 14.4 Å². The lowest BCUT2D eigenvalue weighted by Crippen LogP contribution is -2.25. The van der Waals surface area contributed by atoms with E-state index in [2.05, 4.69) is 20.6 Å². The first-order chi connectivity index (χ1) is 12.7. The molecule has 1 fully saturated rings. The molecule has 0 spiro atoms. The van der Waals surface area contributed by atoms with E-state index in [4.69, 9.17) is 0 Å². The molecule has 6 heteroatoms. The highest BCUT2D eigenvalue weighted by Gasteiger charge is 2.23. The first kappa shape index (κ1) is 16.2. The van der Waals surface area contributed by atoms with E-state index < -0.39 is 0 Å². The van der Waals surface area contributed by atoms with Gasteiger partial charge in [-0.15, -0.1) is 0 Å². The van der Waals surface area contributed by atoms with Crippen molar-refractivity contribution >= 4 is 17.4 Å². The van der Waals surface area contributed by atoms with Crippen LogP contribution in [0.5, 0.6) is 0 Å². The van der Waals surface area contributed by atoms with Crippen LogP contribution < -0.4 is 10.6 Å². The predicted octanol–water partition coefficient (Wildman–Crippen LogP) is 3.92. The van der Waals surface area contributed by atoms with Gasteiger partial charge in [0.1, 0.15) is 11.6 Å². The van der Waals surface area contributed by atoms with Crippen molar-refractivity contribution in [1.82, 2.24) is 15.3 Å². The van der Waals surface area contributed by atoms with Crippen molar-refractivity contribution in [1.29, 1.82) is 0 Å². The first-order valence-electron chi connectivity index (χ1n) is 8.44. The van der Waals surface area contributed by atoms with Gasteiger partial charge in [-0.2, -0.15) is 0 Å². The molecule has 0 aliphatic heterocycles. The molecule has 5 nitrogen and oxygen atoms in total. The quantitative estimate of drug-likeness (QED) is 0.733. The Hall–Kier alpha value is -3.28. The maximum Gasteiger partial charge on any atom is 0.251 e. The van der Waals surface area contributed by atoms with Crippen LogP contribution in [-0.4, -0.2) is 21.9 Å². The molecule has 1 saturated carbocycles. The van der Waals surface area contributed by atoms with Crippen molar-refractivity contribution in [2.75, 3.05) is 5.32 Å². The molecule has 2 aromatic carbocycles. The average Bonchev–Trinajstić information content (AvgIpc) is 3.46. The van der Waals surface area contributed by atoms with Gasteiger partial charge in [0.25, 0.3) is 5.91 Å². The van der Waals surface area contributed by atoms with E-state index in [-0.39, 0.29) is 11.7 Å². The Kier molecular flexibility index (Phi) is 4.31. The number of anilines is 2. The molecular weight excluding hydrogens is 331 g/mol. The highest BCUT2D eigenvalue weighted by Crippen LogP contribution is 2.21. The zero-order chi connectivity index (χ0) is 17.9. The zero-order valence-electron chi connectivity index (χ0n) is 13.9. The van der Waals surface area contributed by atoms with E-state index in [0.717, 1.165) is 18.5 Å². The minimum absolute atomic E-state index is 0.0468. The molecule has 1 heterocycles. The molecule has 3 aromatic rings. The number of rotatable bonds is 5. The van der Waals surface area contributed by atoms with Gasteiger partial charge in [0.15, 0.2) is 5.82 Å². The molecule has 1 amide bonds. The summed E-state index contributed by atoms with van der Waals surface area (Å²) in [5, 5.41) is 6.13. The van der Waals surface area contributed by atoms with E-state index in [1.165, 1.54) is 12.1 Å². The van der Waals surface area contributed by atoms with Crippen LogP contribution in [0.15, 0.2) is 60.8 Å². The second-order valence-electron chi connectivity index (χ2n) is 6.23. The SMILES string of the molecule is O=C(NC1CC1)c1ccc(Nc2ccnc(-c3cccc(F)c3)n2)cc1. The lowest BCUT2D eigenvalue weighted by molar-refractivity contribution is 0.0951. The fourth-order valence-corrected chi connectivity index (χ4v) is 2.54. The third-order valence-corrected chi connectivity index (χ3v) is 4.07. The number of nitrogens with one attached hydrogen (secondary N) is 2. The second kappa shape index (κ2) is 6.92. The van der Waals surface area contributed by atoms with Crippen LogP contribution in [-0.2, 0) is 0 Å². The topological polar surface area (TPSA) is 66.9 Å². The number of hydrogen-bond donors (Lipinski definition) is 2. The molecule has 0 saturated heterocycles. The predicted molar refractivity (Wildman–Crippen MR) is 97.6 cm³/mol. The summed E-state index contributed by atoms with van der Waals surface area (Å²) in [6.07, 6.45) is 3.74. The van der Waals surface area contributed by atoms with Crippen LogP contribution in [0.3, 0.4) is 0 Å². The van der Waals surface area contributed by atoms with Crippen molar-refractivity contribution < 1.29 is 9.18 Å². The third kappa shape index (κ3) is 3.85. The van der Waals surface area contributed by atoms with Crippen molar-refractivity contribution in [3.05, 3.63) is 72.2 Å².